The fraction of sp³-hybridized carbons (Fsp3) is 0.550. The third kappa shape index (κ3) is 4.06. The first-order chi connectivity index (χ1) is 12.7. The zero-order valence-electron chi connectivity index (χ0n) is 15.5. The molecule has 0 spiro atoms. The first-order valence-electron chi connectivity index (χ1n) is 9.56. The normalized spacial score (nSPS) is 20.4. The molecule has 0 saturated carbocycles. The molecule has 6 heteroatoms. The van der Waals surface area contributed by atoms with Gasteiger partial charge in [-0.3, -0.25) is 4.79 Å². The monoisotopic (exact) mass is 356 g/mol. The van der Waals surface area contributed by atoms with E-state index in [9.17, 15) is 0 Å². The van der Waals surface area contributed by atoms with Crippen LogP contribution in [0.4, 0.5) is 11.5 Å². The molecule has 2 saturated heterocycles. The molecule has 2 aromatic rings. The van der Waals surface area contributed by atoms with Crippen LogP contribution in [0.25, 0.3) is 10.9 Å². The van der Waals surface area contributed by atoms with Crippen molar-refractivity contribution in [3.63, 3.8) is 0 Å². The Morgan fingerprint density at radius 3 is 2.54 bits per heavy atom. The topological polar surface area (TPSA) is 69.6 Å². The Morgan fingerprint density at radius 1 is 1.08 bits per heavy atom. The summed E-state index contributed by atoms with van der Waals surface area (Å²) in [6.45, 7) is 6.64. The van der Waals surface area contributed by atoms with Gasteiger partial charge in [0.1, 0.15) is 12.1 Å². The van der Waals surface area contributed by atoms with E-state index in [0.29, 0.717) is 0 Å². The van der Waals surface area contributed by atoms with Crippen molar-refractivity contribution < 1.29 is 9.90 Å². The van der Waals surface area contributed by atoms with Crippen LogP contribution in [-0.2, 0) is 4.79 Å². The highest BCUT2D eigenvalue weighted by Gasteiger charge is 2.23. The second-order valence-electron chi connectivity index (χ2n) is 7.22. The maximum absolute atomic E-state index is 8.36. The molecule has 6 nitrogen and oxygen atoms in total. The Balaban J connectivity index is 0.000000613. The number of benzene rings is 1. The highest BCUT2D eigenvalue weighted by molar-refractivity contribution is 6.00. The van der Waals surface area contributed by atoms with E-state index in [4.69, 9.17) is 14.9 Å². The third-order valence-corrected chi connectivity index (χ3v) is 5.27. The number of piperidine rings is 2. The fourth-order valence-corrected chi connectivity index (χ4v) is 4.10. The van der Waals surface area contributed by atoms with Crippen molar-refractivity contribution in [1.29, 1.82) is 0 Å². The molecule has 26 heavy (non-hydrogen) atoms. The maximum Gasteiger partial charge on any atom is 0.290 e. The van der Waals surface area contributed by atoms with Gasteiger partial charge in [0.15, 0.2) is 0 Å². The van der Waals surface area contributed by atoms with Gasteiger partial charge in [-0.25, -0.2) is 9.97 Å². The predicted molar refractivity (Wildman–Crippen MR) is 105 cm³/mol. The summed E-state index contributed by atoms with van der Waals surface area (Å²) in [6.07, 6.45) is 8.27. The summed E-state index contributed by atoms with van der Waals surface area (Å²) in [4.78, 5) is 22.6. The maximum atomic E-state index is 8.36. The Kier molecular flexibility index (Phi) is 6.26. The van der Waals surface area contributed by atoms with E-state index < -0.39 is 0 Å². The van der Waals surface area contributed by atoms with Crippen molar-refractivity contribution in [2.75, 3.05) is 36.0 Å². The SMILES string of the molecule is CC1CCCN(c2ncnc3cccc(N4CCCCC4)c23)C1.O=CO. The summed E-state index contributed by atoms with van der Waals surface area (Å²) in [5.41, 5.74) is 2.41. The van der Waals surface area contributed by atoms with E-state index in [2.05, 4.69) is 39.9 Å². The van der Waals surface area contributed by atoms with Crippen LogP contribution in [0.15, 0.2) is 24.5 Å². The molecule has 0 radical (unpaired) electrons. The Labute approximate surface area is 154 Å². The summed E-state index contributed by atoms with van der Waals surface area (Å²) >= 11 is 0. The van der Waals surface area contributed by atoms with Crippen LogP contribution < -0.4 is 9.80 Å². The minimum absolute atomic E-state index is 0.250. The first-order valence-corrected chi connectivity index (χ1v) is 9.56. The summed E-state index contributed by atoms with van der Waals surface area (Å²) in [6, 6.07) is 6.52. The van der Waals surface area contributed by atoms with Crippen molar-refractivity contribution in [3.05, 3.63) is 24.5 Å². The van der Waals surface area contributed by atoms with Gasteiger partial charge < -0.3 is 14.9 Å². The van der Waals surface area contributed by atoms with Crippen molar-refractivity contribution >= 4 is 28.9 Å². The van der Waals surface area contributed by atoms with Crippen LogP contribution in [0.5, 0.6) is 0 Å². The van der Waals surface area contributed by atoms with Gasteiger partial charge in [0.2, 0.25) is 0 Å². The van der Waals surface area contributed by atoms with Gasteiger partial charge in [-0.05, 0) is 50.2 Å². The second-order valence-corrected chi connectivity index (χ2v) is 7.22. The standard InChI is InChI=1S/C19H26N4.CH2O2/c1-15-7-6-12-23(13-15)19-18-16(20-14-21-19)8-5-9-17(18)22-10-3-2-4-11-22;2-1-3/h5,8-9,14-15H,2-4,6-7,10-13H2,1H3;1H,(H,2,3). The molecule has 0 bridgehead atoms. The molecule has 2 aliphatic heterocycles. The average Bonchev–Trinajstić information content (AvgIpc) is 2.68. The van der Waals surface area contributed by atoms with Gasteiger partial charge in [0.25, 0.3) is 6.47 Å². The van der Waals surface area contributed by atoms with E-state index >= 15 is 0 Å². The largest absolute Gasteiger partial charge is 0.483 e. The number of rotatable bonds is 2. The summed E-state index contributed by atoms with van der Waals surface area (Å²) < 4.78 is 0. The molecule has 2 fully saturated rings. The minimum atomic E-state index is -0.250. The van der Waals surface area contributed by atoms with Gasteiger partial charge in [0, 0.05) is 31.9 Å². The Hall–Kier alpha value is -2.37. The number of hydrogen-bond donors (Lipinski definition) is 1. The molecular weight excluding hydrogens is 328 g/mol. The summed E-state index contributed by atoms with van der Waals surface area (Å²) in [7, 11) is 0. The number of nitrogens with zero attached hydrogens (tertiary/aromatic N) is 4. The Bertz CT molecular complexity index is 726. The lowest BCUT2D eigenvalue weighted by atomic mass is 9.99. The van der Waals surface area contributed by atoms with Crippen molar-refractivity contribution in [2.24, 2.45) is 5.92 Å². The van der Waals surface area contributed by atoms with E-state index in [0.717, 1.165) is 43.4 Å². The highest BCUT2D eigenvalue weighted by Crippen LogP contribution is 2.35. The molecule has 1 unspecified atom stereocenters. The number of carboxylic acid groups (broad SMARTS) is 1. The molecule has 1 atom stereocenters. The minimum Gasteiger partial charge on any atom is -0.483 e. The molecule has 1 aromatic carbocycles. The van der Waals surface area contributed by atoms with E-state index in [-0.39, 0.29) is 6.47 Å². The number of fused-ring (bicyclic) bond motifs is 1. The van der Waals surface area contributed by atoms with Gasteiger partial charge >= 0.3 is 0 Å². The zero-order valence-corrected chi connectivity index (χ0v) is 15.5. The lowest BCUT2D eigenvalue weighted by Gasteiger charge is -2.34. The number of hydrogen-bond acceptors (Lipinski definition) is 5. The molecule has 4 rings (SSSR count). The van der Waals surface area contributed by atoms with E-state index in [1.165, 1.54) is 43.2 Å². The second kappa shape index (κ2) is 8.83. The first kappa shape index (κ1) is 18.4. The van der Waals surface area contributed by atoms with Crippen molar-refractivity contribution in [1.82, 2.24) is 9.97 Å². The lowest BCUT2D eigenvalue weighted by molar-refractivity contribution is -0.122. The molecule has 0 aliphatic carbocycles. The molecular formula is C20H28N4O2. The quantitative estimate of drug-likeness (QED) is 0.830. The van der Waals surface area contributed by atoms with Crippen LogP contribution in [0.3, 0.4) is 0 Å². The summed E-state index contributed by atoms with van der Waals surface area (Å²) in [5.74, 6) is 1.89. The lowest BCUT2D eigenvalue weighted by Crippen LogP contribution is -2.35. The van der Waals surface area contributed by atoms with Crippen LogP contribution in [-0.4, -0.2) is 47.7 Å². The summed E-state index contributed by atoms with van der Waals surface area (Å²) in [5, 5.41) is 8.14. The van der Waals surface area contributed by atoms with Gasteiger partial charge in [0.05, 0.1) is 10.9 Å². The molecule has 140 valence electrons. The predicted octanol–water partition coefficient (Wildman–Crippen LogP) is 3.56. The third-order valence-electron chi connectivity index (χ3n) is 5.27. The molecule has 3 heterocycles. The van der Waals surface area contributed by atoms with Crippen molar-refractivity contribution in [3.8, 4) is 0 Å². The van der Waals surface area contributed by atoms with Gasteiger partial charge in [-0.1, -0.05) is 13.0 Å². The van der Waals surface area contributed by atoms with Crippen LogP contribution in [0.2, 0.25) is 0 Å². The van der Waals surface area contributed by atoms with E-state index in [1.54, 1.807) is 6.33 Å². The zero-order chi connectivity index (χ0) is 18.4. The van der Waals surface area contributed by atoms with Gasteiger partial charge in [-0.15, -0.1) is 0 Å². The van der Waals surface area contributed by atoms with Crippen LogP contribution in [0.1, 0.15) is 39.0 Å². The molecule has 2 aliphatic rings. The highest BCUT2D eigenvalue weighted by atomic mass is 16.3. The van der Waals surface area contributed by atoms with Gasteiger partial charge in [-0.2, -0.15) is 0 Å². The molecule has 0 amide bonds. The number of anilines is 2. The molecule has 1 aromatic heterocycles. The fourth-order valence-electron chi connectivity index (χ4n) is 4.10. The number of carbonyl (C=O) groups is 1. The smallest absolute Gasteiger partial charge is 0.290 e. The Morgan fingerprint density at radius 2 is 1.81 bits per heavy atom. The number of aromatic nitrogens is 2. The average molecular weight is 356 g/mol. The van der Waals surface area contributed by atoms with E-state index in [1.807, 2.05) is 0 Å². The van der Waals surface area contributed by atoms with Crippen molar-refractivity contribution in [2.45, 2.75) is 39.0 Å². The van der Waals surface area contributed by atoms with Crippen LogP contribution in [0, 0.1) is 5.92 Å². The molecule has 1 N–H and O–H groups in total. The van der Waals surface area contributed by atoms with Crippen LogP contribution >= 0.6 is 0 Å².